The van der Waals surface area contributed by atoms with Crippen molar-refractivity contribution in [2.45, 2.75) is 87.8 Å². The first-order valence-electron chi connectivity index (χ1n) is 15.9. The van der Waals surface area contributed by atoms with Crippen molar-refractivity contribution in [2.24, 2.45) is 0 Å². The third-order valence-electron chi connectivity index (χ3n) is 7.33. The van der Waals surface area contributed by atoms with Crippen molar-refractivity contribution in [1.82, 2.24) is 0 Å². The number of benzene rings is 4. The first-order valence-corrected chi connectivity index (χ1v) is 18.8. The Balaban J connectivity index is 0.000000333. The summed E-state index contributed by atoms with van der Waals surface area (Å²) in [4.78, 5) is -1.11. The van der Waals surface area contributed by atoms with Gasteiger partial charge in [0, 0.05) is 6.07 Å². The van der Waals surface area contributed by atoms with Crippen LogP contribution >= 0.6 is 0 Å². The molecule has 0 aliphatic rings. The molecule has 0 radical (unpaired) electrons. The number of aryl methyl sites for hydroxylation is 2. The largest absolute Gasteiger partial charge is 2.00 e. The van der Waals surface area contributed by atoms with Crippen LogP contribution in [0.4, 0.5) is 0 Å². The Hall–Kier alpha value is -2.84. The summed E-state index contributed by atoms with van der Waals surface area (Å²) in [6.07, 6.45) is 11.5. The van der Waals surface area contributed by atoms with Crippen LogP contribution in [0.5, 0.6) is 34.5 Å². The van der Waals surface area contributed by atoms with Crippen LogP contribution in [0.1, 0.15) is 76.3 Å². The van der Waals surface area contributed by atoms with Crippen molar-refractivity contribution in [3.63, 3.8) is 0 Å². The molecule has 4 aromatic carbocycles. The van der Waals surface area contributed by atoms with Gasteiger partial charge in [0.1, 0.15) is 43.8 Å². The molecule has 260 valence electrons. The van der Waals surface area contributed by atoms with Crippen molar-refractivity contribution in [3.8, 4) is 34.5 Å². The molecular formula is C36H42CaO10S2. The van der Waals surface area contributed by atoms with Gasteiger partial charge in [0.2, 0.25) is 0 Å². The van der Waals surface area contributed by atoms with Crippen LogP contribution in [-0.4, -0.2) is 68.8 Å². The van der Waals surface area contributed by atoms with Crippen molar-refractivity contribution in [1.29, 1.82) is 0 Å². The maximum absolute atomic E-state index is 11.4. The molecule has 0 aliphatic heterocycles. The molecule has 0 spiro atoms. The van der Waals surface area contributed by atoms with Gasteiger partial charge in [-0.05, 0) is 85.3 Å². The number of unbranched alkanes of at least 4 members (excludes halogenated alkanes) is 6. The van der Waals surface area contributed by atoms with Crippen molar-refractivity contribution < 1.29 is 45.6 Å². The van der Waals surface area contributed by atoms with Crippen LogP contribution in [0.15, 0.2) is 94.7 Å². The molecule has 13 heteroatoms. The van der Waals surface area contributed by atoms with Gasteiger partial charge in [0.25, 0.3) is 10.1 Å². The van der Waals surface area contributed by atoms with Gasteiger partial charge in [-0.15, -0.1) is 5.75 Å². The Bertz CT molecular complexity index is 1680. The normalized spacial score (nSPS) is 11.2. The number of phenolic OH excluding ortho intramolecular Hbond substituents is 1. The standard InChI is InChI=1S/2C18H22O5S.Ca/c2*1-2-3-4-5-6-14-7-10-16(11-8-14)23-17-12-9-15(19)13-18(17)24(20,21)22;/h2*7-13,19H,2-6H2,1H3,(H,20,21,22);/q;;+2/p-2. The van der Waals surface area contributed by atoms with E-state index in [1.54, 1.807) is 24.3 Å². The maximum atomic E-state index is 11.4. The Morgan fingerprint density at radius 1 is 0.612 bits per heavy atom. The third kappa shape index (κ3) is 14.9. The van der Waals surface area contributed by atoms with Gasteiger partial charge in [-0.3, -0.25) is 4.55 Å². The molecule has 0 fully saturated rings. The molecule has 0 saturated heterocycles. The van der Waals surface area contributed by atoms with E-state index in [1.807, 2.05) is 24.3 Å². The molecule has 10 nitrogen and oxygen atoms in total. The number of phenols is 1. The van der Waals surface area contributed by atoms with Gasteiger partial charge in [0.05, 0.1) is 4.90 Å². The minimum Gasteiger partial charge on any atom is -0.872 e. The maximum Gasteiger partial charge on any atom is 2.00 e. The molecule has 0 atom stereocenters. The molecular weight excluding hydrogens is 697 g/mol. The average Bonchev–Trinajstić information content (AvgIpc) is 3.04. The van der Waals surface area contributed by atoms with E-state index in [4.69, 9.17) is 9.47 Å². The summed E-state index contributed by atoms with van der Waals surface area (Å²) in [5.74, 6) is -0.123. The monoisotopic (exact) mass is 738 g/mol. The number of rotatable bonds is 16. The summed E-state index contributed by atoms with van der Waals surface area (Å²) in [7, 11) is -9.26. The molecule has 0 bridgehead atoms. The van der Waals surface area contributed by atoms with E-state index >= 15 is 0 Å². The van der Waals surface area contributed by atoms with Gasteiger partial charge in [-0.1, -0.05) is 82.7 Å². The Morgan fingerprint density at radius 3 is 1.49 bits per heavy atom. The van der Waals surface area contributed by atoms with E-state index in [2.05, 4.69) is 13.8 Å². The fraction of sp³-hybridized carbons (Fsp3) is 0.333. The predicted molar refractivity (Wildman–Crippen MR) is 186 cm³/mol. The summed E-state index contributed by atoms with van der Waals surface area (Å²) < 4.78 is 76.8. The van der Waals surface area contributed by atoms with E-state index in [0.717, 1.165) is 43.9 Å². The van der Waals surface area contributed by atoms with Crippen LogP contribution in [-0.2, 0) is 33.1 Å². The average molecular weight is 739 g/mol. The van der Waals surface area contributed by atoms with Crippen LogP contribution < -0.4 is 14.6 Å². The van der Waals surface area contributed by atoms with Crippen LogP contribution in [0.3, 0.4) is 0 Å². The molecule has 0 amide bonds. The number of aromatic hydroxyl groups is 1. The van der Waals surface area contributed by atoms with E-state index < -0.39 is 35.8 Å². The first-order chi connectivity index (χ1) is 22.8. The quantitative estimate of drug-likeness (QED) is 0.0657. The first kappa shape index (κ1) is 42.3. The second kappa shape index (κ2) is 20.7. The zero-order chi connectivity index (χ0) is 35.2. The Morgan fingerprint density at radius 2 is 1.06 bits per heavy atom. The van der Waals surface area contributed by atoms with E-state index in [0.29, 0.717) is 11.5 Å². The summed E-state index contributed by atoms with van der Waals surface area (Å²) >= 11 is 0. The fourth-order valence-corrected chi connectivity index (χ4v) is 6.02. The second-order valence-electron chi connectivity index (χ2n) is 11.3. The Kier molecular flexibility index (Phi) is 17.9. The summed E-state index contributed by atoms with van der Waals surface area (Å²) in [6, 6.07) is 21.4. The predicted octanol–water partition coefficient (Wildman–Crippen LogP) is 7.75. The number of ether oxygens (including phenoxy) is 2. The molecule has 0 unspecified atom stereocenters. The molecule has 0 aliphatic carbocycles. The molecule has 4 rings (SSSR count). The van der Waals surface area contributed by atoms with E-state index in [1.165, 1.54) is 67.9 Å². The Labute approximate surface area is 319 Å². The van der Waals surface area contributed by atoms with Crippen molar-refractivity contribution >= 4 is 58.0 Å². The van der Waals surface area contributed by atoms with Crippen molar-refractivity contribution in [3.05, 3.63) is 96.1 Å². The van der Waals surface area contributed by atoms with Crippen LogP contribution in [0.2, 0.25) is 0 Å². The number of hydrogen-bond acceptors (Lipinski definition) is 9. The van der Waals surface area contributed by atoms with Gasteiger partial charge < -0.3 is 24.2 Å². The van der Waals surface area contributed by atoms with Gasteiger partial charge >= 0.3 is 37.7 Å². The van der Waals surface area contributed by atoms with Gasteiger partial charge in [-0.25, -0.2) is 8.42 Å². The minimum atomic E-state index is -4.78. The second-order valence-corrected chi connectivity index (χ2v) is 14.0. The summed E-state index contributed by atoms with van der Waals surface area (Å²) in [5.41, 5.74) is 2.36. The molecule has 4 aromatic rings. The van der Waals surface area contributed by atoms with Gasteiger partial charge in [0.15, 0.2) is 0 Å². The van der Waals surface area contributed by atoms with Gasteiger partial charge in [-0.2, -0.15) is 8.42 Å². The molecule has 49 heavy (non-hydrogen) atoms. The minimum absolute atomic E-state index is 0. The third-order valence-corrected chi connectivity index (χ3v) is 9.06. The van der Waals surface area contributed by atoms with Crippen molar-refractivity contribution in [2.75, 3.05) is 0 Å². The molecule has 2 N–H and O–H groups in total. The zero-order valence-electron chi connectivity index (χ0n) is 27.8. The van der Waals surface area contributed by atoms with Crippen LogP contribution in [0.25, 0.3) is 0 Å². The molecule has 0 saturated carbocycles. The SMILES string of the molecule is CCCCCCc1ccc(Oc2ccc(O)cc2S(=O)(=O)O)cc1.CCCCCCc1ccc(Oc2ccc([O-])cc2S(=O)(=O)[O-])cc1.[Ca+2]. The number of hydrogen-bond donors (Lipinski definition) is 2. The summed E-state index contributed by atoms with van der Waals surface area (Å²) in [5, 5.41) is 20.7. The molecule has 0 heterocycles. The van der Waals surface area contributed by atoms with E-state index in [9.17, 15) is 36.2 Å². The van der Waals surface area contributed by atoms with Crippen LogP contribution in [0, 0.1) is 0 Å². The van der Waals surface area contributed by atoms with E-state index in [-0.39, 0.29) is 55.0 Å². The molecule has 0 aromatic heterocycles. The topological polar surface area (TPSA) is 173 Å². The zero-order valence-corrected chi connectivity index (χ0v) is 31.7. The fourth-order valence-electron chi connectivity index (χ4n) is 4.76. The summed E-state index contributed by atoms with van der Waals surface area (Å²) in [6.45, 7) is 4.35. The smallest absolute Gasteiger partial charge is 0.872 e.